The van der Waals surface area contributed by atoms with Crippen LogP contribution in [0.3, 0.4) is 0 Å². The van der Waals surface area contributed by atoms with Crippen molar-refractivity contribution in [3.05, 3.63) is 76.6 Å². The number of fused-ring (bicyclic) bond motifs is 1. The number of hydrogen-bond acceptors (Lipinski definition) is 5. The first-order chi connectivity index (χ1) is 15.0. The van der Waals surface area contributed by atoms with E-state index in [1.807, 2.05) is 24.4 Å². The van der Waals surface area contributed by atoms with Crippen LogP contribution in [0.4, 0.5) is 19.6 Å². The molecule has 0 bridgehead atoms. The Morgan fingerprint density at radius 1 is 1.26 bits per heavy atom. The summed E-state index contributed by atoms with van der Waals surface area (Å²) in [5.74, 6) is -1.16. The zero-order chi connectivity index (χ0) is 21.5. The van der Waals surface area contributed by atoms with E-state index in [0.717, 1.165) is 30.3 Å². The van der Waals surface area contributed by atoms with E-state index in [-0.39, 0.29) is 11.9 Å². The van der Waals surface area contributed by atoms with Crippen molar-refractivity contribution >= 4 is 33.6 Å². The minimum atomic E-state index is -0.453. The van der Waals surface area contributed by atoms with Gasteiger partial charge in [0.15, 0.2) is 5.13 Å². The largest absolute Gasteiger partial charge is 0.364 e. The number of hydrogen-bond donors (Lipinski definition) is 1. The maximum absolute atomic E-state index is 14.4. The topological polar surface area (TPSA) is 62.5 Å². The van der Waals surface area contributed by atoms with Crippen LogP contribution >= 0.6 is 11.3 Å². The molecule has 1 N–H and O–H groups in total. The van der Waals surface area contributed by atoms with Gasteiger partial charge in [0.1, 0.15) is 11.6 Å². The van der Waals surface area contributed by atoms with Crippen molar-refractivity contribution < 1.29 is 13.6 Å². The molecule has 0 spiro atoms. The van der Waals surface area contributed by atoms with Crippen molar-refractivity contribution in [3.8, 4) is 0 Å². The van der Waals surface area contributed by atoms with Gasteiger partial charge in [-0.25, -0.2) is 18.3 Å². The average molecular weight is 439 g/mol. The second-order valence-electron chi connectivity index (χ2n) is 7.54. The summed E-state index contributed by atoms with van der Waals surface area (Å²) < 4.78 is 29.8. The average Bonchev–Trinajstić information content (AvgIpc) is 3.48. The van der Waals surface area contributed by atoms with Crippen LogP contribution in [0.2, 0.25) is 0 Å². The predicted octanol–water partition coefficient (Wildman–Crippen LogP) is 4.97. The molecular formula is C22H19F2N5OS. The van der Waals surface area contributed by atoms with Gasteiger partial charge in [-0.1, -0.05) is 0 Å². The van der Waals surface area contributed by atoms with Gasteiger partial charge in [-0.15, -0.1) is 11.3 Å². The third-order valence-electron chi connectivity index (χ3n) is 5.49. The van der Waals surface area contributed by atoms with Crippen molar-refractivity contribution in [2.24, 2.45) is 0 Å². The van der Waals surface area contributed by atoms with Crippen molar-refractivity contribution in [3.63, 3.8) is 0 Å². The quantitative estimate of drug-likeness (QED) is 0.488. The van der Waals surface area contributed by atoms with Gasteiger partial charge in [-0.05, 0) is 50.1 Å². The maximum Gasteiger partial charge on any atom is 0.261 e. The fourth-order valence-corrected chi connectivity index (χ4v) is 4.75. The summed E-state index contributed by atoms with van der Waals surface area (Å²) in [4.78, 5) is 19.1. The molecule has 1 aromatic carbocycles. The molecule has 0 radical (unpaired) electrons. The lowest BCUT2D eigenvalue weighted by Gasteiger charge is -2.27. The number of pyridine rings is 1. The Balaban J connectivity index is 1.48. The number of nitrogens with zero attached hydrogens (tertiary/aromatic N) is 4. The standard InChI is InChI=1S/C22H19F2N5OS/c1-13-12-31-22(26-13)27-21(30)17-11-25-29-8-6-15(10-20(17)29)28-7-2-3-19(28)16-9-14(23)4-5-18(16)24/h4-6,8-12,19H,2-3,7H2,1H3,(H,26,27,30). The van der Waals surface area contributed by atoms with Crippen LogP contribution in [-0.2, 0) is 0 Å². The normalized spacial score (nSPS) is 16.2. The molecule has 1 aliphatic rings. The van der Waals surface area contributed by atoms with Crippen LogP contribution in [0.15, 0.2) is 48.1 Å². The van der Waals surface area contributed by atoms with Gasteiger partial charge in [0.25, 0.3) is 5.91 Å². The highest BCUT2D eigenvalue weighted by atomic mass is 32.1. The van der Waals surface area contributed by atoms with E-state index in [9.17, 15) is 13.6 Å². The molecule has 4 aromatic rings. The fourth-order valence-electron chi connectivity index (χ4n) is 4.07. The lowest BCUT2D eigenvalue weighted by Crippen LogP contribution is -2.23. The van der Waals surface area contributed by atoms with Gasteiger partial charge in [0, 0.05) is 29.4 Å². The molecule has 1 unspecified atom stereocenters. The molecule has 1 atom stereocenters. The zero-order valence-electron chi connectivity index (χ0n) is 16.7. The second kappa shape index (κ2) is 7.73. The van der Waals surface area contributed by atoms with E-state index in [1.165, 1.54) is 29.7 Å². The molecule has 1 aliphatic heterocycles. The second-order valence-corrected chi connectivity index (χ2v) is 8.40. The third-order valence-corrected chi connectivity index (χ3v) is 6.37. The Labute approximate surface area is 181 Å². The van der Waals surface area contributed by atoms with E-state index >= 15 is 0 Å². The summed E-state index contributed by atoms with van der Waals surface area (Å²) in [7, 11) is 0. The number of rotatable bonds is 4. The molecule has 9 heteroatoms. The summed E-state index contributed by atoms with van der Waals surface area (Å²) in [6, 6.07) is 7.04. The Hall–Kier alpha value is -3.33. The van der Waals surface area contributed by atoms with Gasteiger partial charge in [0.2, 0.25) is 0 Å². The number of aryl methyl sites for hydroxylation is 1. The van der Waals surface area contributed by atoms with Crippen LogP contribution in [-0.4, -0.2) is 27.0 Å². The first-order valence-electron chi connectivity index (χ1n) is 9.92. The molecule has 5 rings (SSSR count). The van der Waals surface area contributed by atoms with Gasteiger partial charge in [-0.3, -0.25) is 10.1 Å². The lowest BCUT2D eigenvalue weighted by molar-refractivity contribution is 0.102. The van der Waals surface area contributed by atoms with E-state index in [2.05, 4.69) is 20.3 Å². The minimum absolute atomic E-state index is 0.267. The van der Waals surface area contributed by atoms with Crippen molar-refractivity contribution in [2.75, 3.05) is 16.8 Å². The summed E-state index contributed by atoms with van der Waals surface area (Å²) >= 11 is 1.36. The zero-order valence-corrected chi connectivity index (χ0v) is 17.5. The van der Waals surface area contributed by atoms with Crippen LogP contribution in [0, 0.1) is 18.6 Å². The minimum Gasteiger partial charge on any atom is -0.364 e. The monoisotopic (exact) mass is 439 g/mol. The smallest absolute Gasteiger partial charge is 0.261 e. The first kappa shape index (κ1) is 19.6. The molecule has 3 aromatic heterocycles. The number of carbonyl (C=O) groups is 1. The molecule has 0 saturated carbocycles. The number of halogens is 2. The van der Waals surface area contributed by atoms with Gasteiger partial charge in [-0.2, -0.15) is 5.10 Å². The number of aromatic nitrogens is 3. The Kier molecular flexibility index (Phi) is 4.90. The van der Waals surface area contributed by atoms with Crippen LogP contribution < -0.4 is 10.2 Å². The van der Waals surface area contributed by atoms with Crippen LogP contribution in [0.25, 0.3) is 5.52 Å². The van der Waals surface area contributed by atoms with Crippen molar-refractivity contribution in [1.82, 2.24) is 14.6 Å². The molecule has 158 valence electrons. The van der Waals surface area contributed by atoms with Crippen LogP contribution in [0.5, 0.6) is 0 Å². The molecule has 1 saturated heterocycles. The van der Waals surface area contributed by atoms with Gasteiger partial charge in [0.05, 0.1) is 29.0 Å². The maximum atomic E-state index is 14.4. The number of anilines is 2. The number of amides is 1. The third kappa shape index (κ3) is 3.65. The summed E-state index contributed by atoms with van der Waals surface area (Å²) in [6.45, 7) is 2.58. The molecule has 0 aliphatic carbocycles. The Morgan fingerprint density at radius 2 is 2.13 bits per heavy atom. The number of nitrogens with one attached hydrogen (secondary N) is 1. The van der Waals surface area contributed by atoms with E-state index in [0.29, 0.717) is 28.3 Å². The summed E-state index contributed by atoms with van der Waals surface area (Å²) in [6.07, 6.45) is 4.87. The Morgan fingerprint density at radius 3 is 2.94 bits per heavy atom. The first-order valence-corrected chi connectivity index (χ1v) is 10.8. The Bertz CT molecular complexity index is 1280. The fraction of sp³-hybridized carbons (Fsp3) is 0.227. The van der Waals surface area contributed by atoms with Gasteiger partial charge < -0.3 is 4.90 Å². The molecular weight excluding hydrogens is 420 g/mol. The number of thiazole rings is 1. The molecule has 1 fully saturated rings. The summed E-state index contributed by atoms with van der Waals surface area (Å²) in [5.41, 5.74) is 3.07. The highest BCUT2D eigenvalue weighted by Crippen LogP contribution is 2.38. The van der Waals surface area contributed by atoms with E-state index in [1.54, 1.807) is 10.7 Å². The van der Waals surface area contributed by atoms with E-state index < -0.39 is 11.6 Å². The predicted molar refractivity (Wildman–Crippen MR) is 116 cm³/mol. The lowest BCUT2D eigenvalue weighted by atomic mass is 10.0. The number of carbonyl (C=O) groups excluding carboxylic acids is 1. The van der Waals surface area contributed by atoms with Gasteiger partial charge >= 0.3 is 0 Å². The molecule has 6 nitrogen and oxygen atoms in total. The van der Waals surface area contributed by atoms with Crippen LogP contribution in [0.1, 0.15) is 40.5 Å². The highest BCUT2D eigenvalue weighted by molar-refractivity contribution is 7.13. The van der Waals surface area contributed by atoms with Crippen molar-refractivity contribution in [1.29, 1.82) is 0 Å². The molecule has 4 heterocycles. The van der Waals surface area contributed by atoms with E-state index in [4.69, 9.17) is 0 Å². The molecule has 31 heavy (non-hydrogen) atoms. The summed E-state index contributed by atoms with van der Waals surface area (Å²) in [5, 5.41) is 9.46. The molecule has 1 amide bonds. The number of benzene rings is 1. The highest BCUT2D eigenvalue weighted by Gasteiger charge is 2.29. The van der Waals surface area contributed by atoms with Crippen molar-refractivity contribution in [2.45, 2.75) is 25.8 Å². The SMILES string of the molecule is Cc1csc(NC(=O)c2cnn3ccc(N4CCCC4c4cc(F)ccc4F)cc23)n1.